The topological polar surface area (TPSA) is 61.8 Å². The Morgan fingerprint density at radius 3 is 2.50 bits per heavy atom. The molecule has 0 saturated carbocycles. The third-order valence-corrected chi connectivity index (χ3v) is 4.73. The van der Waals surface area contributed by atoms with Gasteiger partial charge in [-0.05, 0) is 57.9 Å². The van der Waals surface area contributed by atoms with Crippen molar-refractivity contribution in [2.45, 2.75) is 57.3 Å². The number of fused-ring (bicyclic) bond motifs is 2. The molecule has 0 N–H and O–H groups in total. The molecule has 3 rings (SSSR count). The standard InChI is InChI=1S/C20H23ClO5/c1-5-24-16-12-19(13-6-8-14(21)9-7-13)11-10-15(22)20(16,26-19)17(23)25-18(2,3)4/h6-9,12H,5,10-11H2,1-4H3/t19-,20+/m1/s1. The van der Waals surface area contributed by atoms with Crippen LogP contribution in [-0.4, -0.2) is 29.6 Å². The summed E-state index contributed by atoms with van der Waals surface area (Å²) < 4.78 is 17.4. The van der Waals surface area contributed by atoms with Crippen molar-refractivity contribution in [1.82, 2.24) is 0 Å². The second kappa shape index (κ2) is 6.39. The number of hydrogen-bond acceptors (Lipinski definition) is 5. The van der Waals surface area contributed by atoms with Crippen LogP contribution in [0.4, 0.5) is 0 Å². The lowest BCUT2D eigenvalue weighted by molar-refractivity contribution is -0.202. The number of halogens is 1. The molecule has 6 heteroatoms. The third-order valence-electron chi connectivity index (χ3n) is 4.48. The van der Waals surface area contributed by atoms with Crippen LogP contribution in [0.5, 0.6) is 0 Å². The van der Waals surface area contributed by atoms with Crippen molar-refractivity contribution in [3.8, 4) is 0 Å². The Morgan fingerprint density at radius 1 is 1.27 bits per heavy atom. The Hall–Kier alpha value is -1.85. The van der Waals surface area contributed by atoms with Crippen molar-refractivity contribution >= 4 is 23.4 Å². The summed E-state index contributed by atoms with van der Waals surface area (Å²) in [6, 6.07) is 7.19. The summed E-state index contributed by atoms with van der Waals surface area (Å²) in [5.74, 6) is -0.856. The Morgan fingerprint density at radius 2 is 1.92 bits per heavy atom. The lowest BCUT2D eigenvalue weighted by Gasteiger charge is -2.39. The fourth-order valence-electron chi connectivity index (χ4n) is 3.38. The fraction of sp³-hybridized carbons (Fsp3) is 0.500. The number of ether oxygens (including phenoxy) is 3. The number of carbonyl (C=O) groups excluding carboxylic acids is 2. The summed E-state index contributed by atoms with van der Waals surface area (Å²) in [6.45, 7) is 7.36. The van der Waals surface area contributed by atoms with Gasteiger partial charge in [0.1, 0.15) is 17.0 Å². The van der Waals surface area contributed by atoms with Gasteiger partial charge in [0, 0.05) is 11.4 Å². The molecule has 2 heterocycles. The van der Waals surface area contributed by atoms with Crippen LogP contribution in [0, 0.1) is 0 Å². The predicted molar refractivity (Wildman–Crippen MR) is 96.7 cm³/mol. The number of carbonyl (C=O) groups is 2. The van der Waals surface area contributed by atoms with Crippen molar-refractivity contribution in [2.75, 3.05) is 6.61 Å². The highest BCUT2D eigenvalue weighted by molar-refractivity contribution is 6.30. The van der Waals surface area contributed by atoms with Gasteiger partial charge in [0.05, 0.1) is 6.61 Å². The van der Waals surface area contributed by atoms with Gasteiger partial charge in [-0.3, -0.25) is 4.79 Å². The molecule has 1 aromatic carbocycles. The van der Waals surface area contributed by atoms with Crippen LogP contribution in [0.1, 0.15) is 46.1 Å². The number of rotatable bonds is 4. The number of hydrogen-bond donors (Lipinski definition) is 0. The summed E-state index contributed by atoms with van der Waals surface area (Å²) in [5.41, 5.74) is -2.70. The maximum absolute atomic E-state index is 13.0. The largest absolute Gasteiger partial charge is 0.494 e. The molecule has 2 atom stereocenters. The molecule has 0 spiro atoms. The van der Waals surface area contributed by atoms with E-state index in [-0.39, 0.29) is 18.0 Å². The zero-order valence-electron chi connectivity index (χ0n) is 15.4. The summed E-state index contributed by atoms with van der Waals surface area (Å²) >= 11 is 5.99. The number of esters is 1. The molecule has 1 saturated heterocycles. The quantitative estimate of drug-likeness (QED) is 0.586. The Balaban J connectivity index is 2.09. The first-order chi connectivity index (χ1) is 12.1. The van der Waals surface area contributed by atoms with E-state index < -0.39 is 22.8 Å². The molecule has 2 aliphatic rings. The summed E-state index contributed by atoms with van der Waals surface area (Å²) in [4.78, 5) is 25.9. The normalized spacial score (nSPS) is 27.9. The van der Waals surface area contributed by atoms with E-state index in [1.807, 2.05) is 12.1 Å². The zero-order chi connectivity index (χ0) is 19.2. The lowest BCUT2D eigenvalue weighted by atomic mass is 9.85. The maximum atomic E-state index is 13.0. The third kappa shape index (κ3) is 3.03. The molecule has 2 aliphatic heterocycles. The molecule has 26 heavy (non-hydrogen) atoms. The van der Waals surface area contributed by atoms with Gasteiger partial charge in [-0.15, -0.1) is 0 Å². The lowest BCUT2D eigenvalue weighted by Crippen LogP contribution is -2.56. The van der Waals surface area contributed by atoms with Crippen molar-refractivity contribution in [3.63, 3.8) is 0 Å². The van der Waals surface area contributed by atoms with E-state index in [2.05, 4.69) is 0 Å². The fourth-order valence-corrected chi connectivity index (χ4v) is 3.51. The first-order valence-corrected chi connectivity index (χ1v) is 9.10. The zero-order valence-corrected chi connectivity index (χ0v) is 16.2. The molecular weight excluding hydrogens is 356 g/mol. The van der Waals surface area contributed by atoms with Gasteiger partial charge in [-0.2, -0.15) is 0 Å². The summed E-state index contributed by atoms with van der Waals surface area (Å²) in [6.07, 6.45) is 2.36. The molecule has 1 aromatic rings. The van der Waals surface area contributed by atoms with E-state index in [1.54, 1.807) is 45.9 Å². The van der Waals surface area contributed by atoms with Crippen LogP contribution < -0.4 is 0 Å². The van der Waals surface area contributed by atoms with Crippen LogP contribution >= 0.6 is 11.6 Å². The van der Waals surface area contributed by atoms with Gasteiger partial charge >= 0.3 is 5.97 Å². The van der Waals surface area contributed by atoms with E-state index in [0.29, 0.717) is 18.1 Å². The SMILES string of the molecule is CCOC1=C[C@@]2(c3ccc(Cl)cc3)CCC(=O)[C@]1(C(=O)OC(C)(C)C)O2. The van der Waals surface area contributed by atoms with Crippen molar-refractivity contribution in [1.29, 1.82) is 0 Å². The van der Waals surface area contributed by atoms with Gasteiger partial charge in [-0.1, -0.05) is 23.7 Å². The maximum Gasteiger partial charge on any atom is 0.354 e. The molecule has 1 fully saturated rings. The van der Waals surface area contributed by atoms with Crippen LogP contribution in [0.2, 0.25) is 5.02 Å². The predicted octanol–water partition coefficient (Wildman–Crippen LogP) is 3.93. The van der Waals surface area contributed by atoms with Gasteiger partial charge in [0.2, 0.25) is 0 Å². The van der Waals surface area contributed by atoms with Crippen molar-refractivity contribution in [2.24, 2.45) is 0 Å². The van der Waals surface area contributed by atoms with E-state index >= 15 is 0 Å². The molecule has 2 bridgehead atoms. The average Bonchev–Trinajstić information content (AvgIpc) is 2.83. The molecule has 0 unspecified atom stereocenters. The molecule has 0 aromatic heterocycles. The Kier molecular flexibility index (Phi) is 4.65. The molecule has 0 aliphatic carbocycles. The van der Waals surface area contributed by atoms with Crippen LogP contribution in [0.3, 0.4) is 0 Å². The highest BCUT2D eigenvalue weighted by Crippen LogP contribution is 2.52. The van der Waals surface area contributed by atoms with Gasteiger partial charge < -0.3 is 14.2 Å². The minimum atomic E-state index is -1.85. The molecule has 0 amide bonds. The summed E-state index contributed by atoms with van der Waals surface area (Å²) in [5, 5.41) is 0.599. The molecular formula is C20H23ClO5. The van der Waals surface area contributed by atoms with E-state index in [0.717, 1.165) is 5.56 Å². The molecule has 0 radical (unpaired) electrons. The number of benzene rings is 1. The number of Topliss-reactive ketones (excluding diaryl/α,β-unsaturated/α-hetero) is 1. The highest BCUT2D eigenvalue weighted by atomic mass is 35.5. The second-order valence-corrected chi connectivity index (χ2v) is 7.98. The van der Waals surface area contributed by atoms with Gasteiger partial charge in [0.15, 0.2) is 5.78 Å². The van der Waals surface area contributed by atoms with Crippen LogP contribution in [0.25, 0.3) is 0 Å². The van der Waals surface area contributed by atoms with E-state index in [4.69, 9.17) is 25.8 Å². The Labute approximate surface area is 158 Å². The monoisotopic (exact) mass is 378 g/mol. The average molecular weight is 379 g/mol. The first kappa shape index (κ1) is 18.9. The van der Waals surface area contributed by atoms with Crippen LogP contribution in [0.15, 0.2) is 36.1 Å². The summed E-state index contributed by atoms with van der Waals surface area (Å²) in [7, 11) is 0. The van der Waals surface area contributed by atoms with Gasteiger partial charge in [-0.25, -0.2) is 4.79 Å². The van der Waals surface area contributed by atoms with Crippen molar-refractivity contribution in [3.05, 3.63) is 46.7 Å². The van der Waals surface area contributed by atoms with Crippen molar-refractivity contribution < 1.29 is 23.8 Å². The highest BCUT2D eigenvalue weighted by Gasteiger charge is 2.65. The first-order valence-electron chi connectivity index (χ1n) is 8.72. The Bertz CT molecular complexity index is 761. The molecule has 140 valence electrons. The minimum absolute atomic E-state index is 0.189. The number of ketones is 1. The van der Waals surface area contributed by atoms with Gasteiger partial charge in [0.25, 0.3) is 5.60 Å². The van der Waals surface area contributed by atoms with Crippen LogP contribution in [-0.2, 0) is 29.4 Å². The second-order valence-electron chi connectivity index (χ2n) is 7.55. The smallest absolute Gasteiger partial charge is 0.354 e. The van der Waals surface area contributed by atoms with E-state index in [1.165, 1.54) is 0 Å². The molecule has 5 nitrogen and oxygen atoms in total. The minimum Gasteiger partial charge on any atom is -0.494 e. The van der Waals surface area contributed by atoms with E-state index in [9.17, 15) is 9.59 Å².